The largest absolute Gasteiger partial charge is 0.269 e. The number of rotatable bonds is 3. The lowest BCUT2D eigenvalue weighted by Crippen LogP contribution is -2.15. The smallest absolute Gasteiger partial charge is 0.258 e. The van der Waals surface area contributed by atoms with Gasteiger partial charge in [-0.05, 0) is 23.6 Å². The Morgan fingerprint density at radius 2 is 2.16 bits per heavy atom. The van der Waals surface area contributed by atoms with Gasteiger partial charge in [-0.15, -0.1) is 11.3 Å². The first kappa shape index (κ1) is 12.3. The maximum atomic E-state index is 12.1. The van der Waals surface area contributed by atoms with Crippen LogP contribution in [0.15, 0.2) is 57.0 Å². The molecule has 0 amide bonds. The molecule has 0 aliphatic heterocycles. The summed E-state index contributed by atoms with van der Waals surface area (Å²) in [5, 5.41) is 1.88. The predicted octanol–water partition coefficient (Wildman–Crippen LogP) is 2.06. The first-order chi connectivity index (χ1) is 9.24. The van der Waals surface area contributed by atoms with E-state index in [0.717, 1.165) is 4.21 Å². The van der Waals surface area contributed by atoms with E-state index in [-0.39, 0.29) is 11.3 Å². The van der Waals surface area contributed by atoms with Crippen molar-refractivity contribution in [3.8, 4) is 0 Å². The number of aromatic nitrogens is 2. The van der Waals surface area contributed by atoms with Crippen molar-refractivity contribution in [1.82, 2.24) is 9.38 Å². The Morgan fingerprint density at radius 1 is 1.26 bits per heavy atom. The van der Waals surface area contributed by atoms with Crippen LogP contribution >= 0.6 is 11.3 Å². The highest BCUT2D eigenvalue weighted by atomic mass is 32.2. The first-order valence-electron chi connectivity index (χ1n) is 5.63. The highest BCUT2D eigenvalue weighted by Crippen LogP contribution is 2.16. The lowest BCUT2D eigenvalue weighted by molar-refractivity contribution is 0.683. The highest BCUT2D eigenvalue weighted by molar-refractivity contribution is 7.86. The molecule has 0 bridgehead atoms. The summed E-state index contributed by atoms with van der Waals surface area (Å²) in [4.78, 5) is 16.3. The van der Waals surface area contributed by atoms with E-state index >= 15 is 0 Å². The van der Waals surface area contributed by atoms with Gasteiger partial charge in [0.15, 0.2) is 0 Å². The maximum absolute atomic E-state index is 12.1. The van der Waals surface area contributed by atoms with Gasteiger partial charge in [0.1, 0.15) is 5.65 Å². The molecular formula is C13H10N2O2S2. The molecule has 96 valence electrons. The number of thiophene rings is 1. The normalized spacial score (nSPS) is 12.6. The molecular weight excluding hydrogens is 280 g/mol. The molecule has 3 heterocycles. The van der Waals surface area contributed by atoms with Crippen LogP contribution < -0.4 is 5.56 Å². The van der Waals surface area contributed by atoms with Crippen molar-refractivity contribution < 1.29 is 4.21 Å². The Balaban J connectivity index is 1.98. The van der Waals surface area contributed by atoms with Crippen LogP contribution in [0.25, 0.3) is 5.65 Å². The van der Waals surface area contributed by atoms with Crippen molar-refractivity contribution >= 4 is 27.8 Å². The van der Waals surface area contributed by atoms with E-state index in [0.29, 0.717) is 11.3 Å². The molecule has 0 aliphatic rings. The third kappa shape index (κ3) is 2.50. The zero-order valence-corrected chi connectivity index (χ0v) is 11.5. The van der Waals surface area contributed by atoms with Crippen LogP contribution in [0.3, 0.4) is 0 Å². The van der Waals surface area contributed by atoms with E-state index < -0.39 is 10.8 Å². The molecule has 6 heteroatoms. The second-order valence-corrected chi connectivity index (χ2v) is 6.56. The molecule has 19 heavy (non-hydrogen) atoms. The molecule has 0 N–H and O–H groups in total. The van der Waals surface area contributed by atoms with Crippen molar-refractivity contribution in [1.29, 1.82) is 0 Å². The number of pyridine rings is 1. The standard InChI is InChI=1S/C13H10N2O2S2/c16-12-8-10(9-19(17)13-5-3-7-18-13)14-11-4-1-2-6-15(11)12/h1-8H,9H2. The second kappa shape index (κ2) is 5.07. The number of nitrogens with zero attached hydrogens (tertiary/aromatic N) is 2. The predicted molar refractivity (Wildman–Crippen MR) is 75.9 cm³/mol. The first-order valence-corrected chi connectivity index (χ1v) is 7.83. The summed E-state index contributed by atoms with van der Waals surface area (Å²) in [6.45, 7) is 0. The van der Waals surface area contributed by atoms with Gasteiger partial charge < -0.3 is 0 Å². The Labute approximate surface area is 115 Å². The van der Waals surface area contributed by atoms with Gasteiger partial charge >= 0.3 is 0 Å². The van der Waals surface area contributed by atoms with E-state index in [1.807, 2.05) is 23.6 Å². The summed E-state index contributed by atoms with van der Waals surface area (Å²) >= 11 is 1.45. The molecule has 0 saturated carbocycles. The van der Waals surface area contributed by atoms with Crippen molar-refractivity contribution in [2.45, 2.75) is 9.96 Å². The molecule has 0 fully saturated rings. The molecule has 3 aromatic rings. The summed E-state index contributed by atoms with van der Waals surface area (Å²) in [5.41, 5.74) is 0.986. The monoisotopic (exact) mass is 290 g/mol. The Kier molecular flexibility index (Phi) is 3.27. The van der Waals surface area contributed by atoms with Crippen LogP contribution in [0.1, 0.15) is 5.69 Å². The lowest BCUT2D eigenvalue weighted by atomic mass is 10.4. The van der Waals surface area contributed by atoms with Crippen LogP contribution in [0, 0.1) is 0 Å². The van der Waals surface area contributed by atoms with Crippen LogP contribution in [-0.2, 0) is 16.6 Å². The molecule has 0 radical (unpaired) electrons. The fourth-order valence-electron chi connectivity index (χ4n) is 1.78. The quantitative estimate of drug-likeness (QED) is 0.742. The summed E-state index contributed by atoms with van der Waals surface area (Å²) in [6, 6.07) is 10.5. The van der Waals surface area contributed by atoms with Gasteiger partial charge in [-0.2, -0.15) is 0 Å². The maximum Gasteiger partial charge on any atom is 0.258 e. The van der Waals surface area contributed by atoms with Crippen LogP contribution in [0.5, 0.6) is 0 Å². The minimum atomic E-state index is -1.15. The molecule has 0 aliphatic carbocycles. The van der Waals surface area contributed by atoms with Gasteiger partial charge in [-0.3, -0.25) is 13.4 Å². The second-order valence-electron chi connectivity index (χ2n) is 3.94. The third-order valence-corrected chi connectivity index (χ3v) is 5.27. The van der Waals surface area contributed by atoms with Crippen LogP contribution in [-0.4, -0.2) is 13.6 Å². The Morgan fingerprint density at radius 3 is 2.95 bits per heavy atom. The van der Waals surface area contributed by atoms with E-state index in [2.05, 4.69) is 4.98 Å². The van der Waals surface area contributed by atoms with E-state index in [4.69, 9.17) is 0 Å². The summed E-state index contributed by atoms with van der Waals surface area (Å²) in [7, 11) is -1.15. The fourth-order valence-corrected chi connectivity index (χ4v) is 3.79. The van der Waals surface area contributed by atoms with Gasteiger partial charge in [0.25, 0.3) is 5.56 Å². The minimum absolute atomic E-state index is 0.149. The average molecular weight is 290 g/mol. The van der Waals surface area contributed by atoms with E-state index in [1.54, 1.807) is 18.3 Å². The van der Waals surface area contributed by atoms with Crippen molar-refractivity contribution in [3.05, 3.63) is 64.0 Å². The fraction of sp³-hybridized carbons (Fsp3) is 0.0769. The van der Waals surface area contributed by atoms with Crippen molar-refractivity contribution in [2.75, 3.05) is 0 Å². The molecule has 3 rings (SSSR count). The van der Waals surface area contributed by atoms with E-state index in [9.17, 15) is 9.00 Å². The van der Waals surface area contributed by atoms with E-state index in [1.165, 1.54) is 21.8 Å². The van der Waals surface area contributed by atoms with Crippen LogP contribution in [0.2, 0.25) is 0 Å². The molecule has 1 unspecified atom stereocenters. The minimum Gasteiger partial charge on any atom is -0.269 e. The van der Waals surface area contributed by atoms with Gasteiger partial charge in [-0.25, -0.2) is 4.98 Å². The molecule has 0 spiro atoms. The zero-order valence-electron chi connectivity index (χ0n) is 9.85. The number of hydrogen-bond donors (Lipinski definition) is 0. The molecule has 0 aromatic carbocycles. The number of hydrogen-bond acceptors (Lipinski definition) is 4. The molecule has 1 atom stereocenters. The Bertz CT molecular complexity index is 794. The molecule has 4 nitrogen and oxygen atoms in total. The van der Waals surface area contributed by atoms with Gasteiger partial charge in [0.2, 0.25) is 0 Å². The van der Waals surface area contributed by atoms with Gasteiger partial charge in [0.05, 0.1) is 26.5 Å². The summed E-state index contributed by atoms with van der Waals surface area (Å²) < 4.78 is 14.4. The van der Waals surface area contributed by atoms with Crippen molar-refractivity contribution in [3.63, 3.8) is 0 Å². The molecule has 3 aromatic heterocycles. The van der Waals surface area contributed by atoms with Gasteiger partial charge in [-0.1, -0.05) is 12.1 Å². The Hall–Kier alpha value is -1.79. The average Bonchev–Trinajstić information content (AvgIpc) is 2.93. The SMILES string of the molecule is O=c1cc(CS(=O)c2cccs2)nc2ccccn12. The number of fused-ring (bicyclic) bond motifs is 1. The molecule has 0 saturated heterocycles. The lowest BCUT2D eigenvalue weighted by Gasteiger charge is -2.03. The van der Waals surface area contributed by atoms with Gasteiger partial charge in [0, 0.05) is 12.3 Å². The zero-order chi connectivity index (χ0) is 13.2. The summed E-state index contributed by atoms with van der Waals surface area (Å²) in [6.07, 6.45) is 1.67. The van der Waals surface area contributed by atoms with Crippen LogP contribution in [0.4, 0.5) is 0 Å². The topological polar surface area (TPSA) is 51.4 Å². The highest BCUT2D eigenvalue weighted by Gasteiger charge is 2.09. The van der Waals surface area contributed by atoms with Crippen molar-refractivity contribution in [2.24, 2.45) is 0 Å². The summed E-state index contributed by atoms with van der Waals surface area (Å²) in [5.74, 6) is 0.265. The third-order valence-electron chi connectivity index (χ3n) is 2.62.